The fraction of sp³-hybridized carbons (Fsp3) is 0.769. The smallest absolute Gasteiger partial charge is 0.427 e. The first-order valence-electron chi connectivity index (χ1n) is 6.55. The monoisotopic (exact) mass is 326 g/mol. The van der Waals surface area contributed by atoms with Crippen molar-refractivity contribution in [1.29, 1.82) is 0 Å². The Kier molecular flexibility index (Phi) is 4.84. The molecule has 21 heavy (non-hydrogen) atoms. The fourth-order valence-corrected chi connectivity index (χ4v) is 2.60. The molecule has 0 aromatic rings. The average molecular weight is 326 g/mol. The second-order valence-electron chi connectivity index (χ2n) is 6.58. The van der Waals surface area contributed by atoms with E-state index in [1.807, 2.05) is 5.70 Å². The Labute approximate surface area is 123 Å². The molecule has 0 bridgehead atoms. The van der Waals surface area contributed by atoms with Gasteiger partial charge in [0.2, 0.25) is 0 Å². The molecule has 0 aromatic heterocycles. The van der Waals surface area contributed by atoms with Crippen LogP contribution >= 0.6 is 0 Å². The molecular formula is C13H21F3O4Si. The first-order chi connectivity index (χ1) is 9.31. The van der Waals surface area contributed by atoms with E-state index in [-0.39, 0.29) is 11.6 Å². The first kappa shape index (κ1) is 18.0. The maximum Gasteiger partial charge on any atom is 0.511 e. The van der Waals surface area contributed by atoms with Gasteiger partial charge in [0.05, 0.1) is 14.7 Å². The van der Waals surface area contributed by atoms with Gasteiger partial charge in [0.1, 0.15) is 0 Å². The molecule has 1 fully saturated rings. The Morgan fingerprint density at radius 3 is 2.29 bits per heavy atom. The highest BCUT2D eigenvalue weighted by Crippen LogP contribution is 2.39. The van der Waals surface area contributed by atoms with Gasteiger partial charge >= 0.3 is 18.1 Å². The van der Waals surface area contributed by atoms with E-state index in [2.05, 4.69) is 43.3 Å². The number of halogens is 3. The number of hydrogen-bond acceptors (Lipinski definition) is 4. The van der Waals surface area contributed by atoms with Crippen molar-refractivity contribution in [1.82, 2.24) is 0 Å². The second-order valence-corrected chi connectivity index (χ2v) is 11.9. The van der Waals surface area contributed by atoms with Crippen molar-refractivity contribution in [2.75, 3.05) is 13.2 Å². The van der Waals surface area contributed by atoms with Crippen LogP contribution in [-0.2, 0) is 14.2 Å². The molecule has 0 amide bonds. The normalized spacial score (nSPS) is 24.3. The van der Waals surface area contributed by atoms with E-state index >= 15 is 0 Å². The SMILES string of the molecule is CC(C)(C)[Si](C)(C)C=CCOC1(C(F)(F)F)COC(=O)O1. The van der Waals surface area contributed by atoms with Gasteiger partial charge < -0.3 is 14.2 Å². The van der Waals surface area contributed by atoms with Gasteiger partial charge in [-0.2, -0.15) is 13.2 Å². The number of hydrogen-bond donors (Lipinski definition) is 0. The van der Waals surface area contributed by atoms with Crippen LogP contribution in [0.1, 0.15) is 20.8 Å². The largest absolute Gasteiger partial charge is 0.511 e. The van der Waals surface area contributed by atoms with Crippen molar-refractivity contribution in [2.24, 2.45) is 0 Å². The number of carbonyl (C=O) groups is 1. The highest BCUT2D eigenvalue weighted by Gasteiger charge is 2.64. The lowest BCUT2D eigenvalue weighted by Gasteiger charge is -2.34. The fourth-order valence-electron chi connectivity index (χ4n) is 1.42. The van der Waals surface area contributed by atoms with Crippen molar-refractivity contribution in [2.45, 2.75) is 50.9 Å². The van der Waals surface area contributed by atoms with E-state index in [9.17, 15) is 18.0 Å². The van der Waals surface area contributed by atoms with E-state index in [4.69, 9.17) is 4.74 Å². The predicted molar refractivity (Wildman–Crippen MR) is 73.5 cm³/mol. The minimum atomic E-state index is -4.84. The molecule has 0 saturated carbocycles. The van der Waals surface area contributed by atoms with E-state index in [0.717, 1.165) is 0 Å². The molecule has 4 nitrogen and oxygen atoms in total. The molecule has 1 saturated heterocycles. The molecule has 1 unspecified atom stereocenters. The average Bonchev–Trinajstić information content (AvgIpc) is 2.65. The lowest BCUT2D eigenvalue weighted by molar-refractivity contribution is -0.346. The zero-order valence-electron chi connectivity index (χ0n) is 12.8. The Morgan fingerprint density at radius 2 is 1.90 bits per heavy atom. The van der Waals surface area contributed by atoms with E-state index in [1.54, 1.807) is 6.08 Å². The molecule has 0 N–H and O–H groups in total. The topological polar surface area (TPSA) is 44.8 Å². The summed E-state index contributed by atoms with van der Waals surface area (Å²) in [5, 5.41) is 0.0775. The maximum atomic E-state index is 12.9. The van der Waals surface area contributed by atoms with Crippen LogP contribution in [-0.4, -0.2) is 39.4 Å². The van der Waals surface area contributed by atoms with Gasteiger partial charge in [-0.15, -0.1) is 0 Å². The lowest BCUT2D eigenvalue weighted by Crippen LogP contribution is -2.50. The molecule has 1 rings (SSSR count). The molecule has 1 heterocycles. The summed E-state index contributed by atoms with van der Waals surface area (Å²) >= 11 is 0. The van der Waals surface area contributed by atoms with Gasteiger partial charge in [0.25, 0.3) is 0 Å². The summed E-state index contributed by atoms with van der Waals surface area (Å²) < 4.78 is 52.0. The van der Waals surface area contributed by atoms with E-state index in [1.165, 1.54) is 0 Å². The summed E-state index contributed by atoms with van der Waals surface area (Å²) in [6.07, 6.45) is -4.66. The predicted octanol–water partition coefficient (Wildman–Crippen LogP) is 4.03. The van der Waals surface area contributed by atoms with Crippen LogP contribution in [0.5, 0.6) is 0 Å². The van der Waals surface area contributed by atoms with Crippen LogP contribution < -0.4 is 0 Å². The molecule has 122 valence electrons. The minimum Gasteiger partial charge on any atom is -0.427 e. The molecular weight excluding hydrogens is 305 g/mol. The van der Waals surface area contributed by atoms with Crippen LogP contribution in [0.2, 0.25) is 18.1 Å². The van der Waals surface area contributed by atoms with Crippen LogP contribution in [0.25, 0.3) is 0 Å². The lowest BCUT2D eigenvalue weighted by atomic mass is 10.2. The van der Waals surface area contributed by atoms with Crippen molar-refractivity contribution in [3.05, 3.63) is 11.8 Å². The van der Waals surface area contributed by atoms with Crippen molar-refractivity contribution >= 4 is 14.2 Å². The summed E-state index contributed by atoms with van der Waals surface area (Å²) in [7, 11) is -1.75. The third-order valence-corrected chi connectivity index (χ3v) is 8.88. The van der Waals surface area contributed by atoms with Gasteiger partial charge in [0.15, 0.2) is 6.61 Å². The Hall–Kier alpha value is -1.02. The molecule has 8 heteroatoms. The number of alkyl halides is 3. The third-order valence-electron chi connectivity index (χ3n) is 3.94. The standard InChI is InChI=1S/C13H21F3O4Si/c1-11(2,3)21(4,5)8-6-7-19-12(13(14,15)16)9-18-10(17)20-12/h6,8H,7,9H2,1-5H3. The third kappa shape index (κ3) is 4.00. The summed E-state index contributed by atoms with van der Waals surface area (Å²) in [6.45, 7) is 9.21. The number of ether oxygens (including phenoxy) is 3. The van der Waals surface area contributed by atoms with Gasteiger partial charge in [-0.3, -0.25) is 0 Å². The second kappa shape index (κ2) is 5.64. The molecule has 0 aliphatic carbocycles. The van der Waals surface area contributed by atoms with Gasteiger partial charge in [-0.25, -0.2) is 4.79 Å². The molecule has 0 spiro atoms. The summed E-state index contributed by atoms with van der Waals surface area (Å²) in [6, 6.07) is 0. The van der Waals surface area contributed by atoms with Crippen LogP contribution in [0.3, 0.4) is 0 Å². The summed E-state index contributed by atoms with van der Waals surface area (Å²) in [5.41, 5.74) is 1.93. The van der Waals surface area contributed by atoms with Crippen molar-refractivity contribution in [3.63, 3.8) is 0 Å². The Morgan fingerprint density at radius 1 is 1.33 bits per heavy atom. The van der Waals surface area contributed by atoms with Crippen LogP contribution in [0.15, 0.2) is 11.8 Å². The molecule has 1 atom stereocenters. The number of cyclic esters (lactones) is 2. The van der Waals surface area contributed by atoms with Gasteiger partial charge in [0, 0.05) is 0 Å². The Bertz CT molecular complexity index is 426. The van der Waals surface area contributed by atoms with E-state index in [0.29, 0.717) is 0 Å². The Balaban J connectivity index is 2.71. The number of carbonyl (C=O) groups excluding carboxylic acids is 1. The molecule has 0 radical (unpaired) electrons. The highest BCUT2D eigenvalue weighted by molar-refractivity contribution is 6.84. The van der Waals surface area contributed by atoms with Crippen molar-refractivity contribution in [3.8, 4) is 0 Å². The maximum absolute atomic E-state index is 12.9. The van der Waals surface area contributed by atoms with Crippen LogP contribution in [0, 0.1) is 0 Å². The van der Waals surface area contributed by atoms with Gasteiger partial charge in [-0.05, 0) is 5.04 Å². The summed E-state index contributed by atoms with van der Waals surface area (Å²) in [4.78, 5) is 10.8. The van der Waals surface area contributed by atoms with Gasteiger partial charge in [-0.1, -0.05) is 45.6 Å². The first-order valence-corrected chi connectivity index (χ1v) is 9.63. The zero-order chi connectivity index (χ0) is 16.5. The molecule has 1 aliphatic heterocycles. The van der Waals surface area contributed by atoms with Crippen LogP contribution in [0.4, 0.5) is 18.0 Å². The van der Waals surface area contributed by atoms with Crippen molar-refractivity contribution < 1.29 is 32.2 Å². The minimum absolute atomic E-state index is 0.0775. The molecule has 0 aromatic carbocycles. The quantitative estimate of drug-likeness (QED) is 0.578. The summed E-state index contributed by atoms with van der Waals surface area (Å²) in [5.74, 6) is -3.00. The molecule has 1 aliphatic rings. The highest BCUT2D eigenvalue weighted by atomic mass is 28.3. The van der Waals surface area contributed by atoms with E-state index < -0.39 is 32.8 Å². The number of rotatable bonds is 4. The zero-order valence-corrected chi connectivity index (χ0v) is 13.8.